The molecule has 19 heavy (non-hydrogen) atoms. The predicted octanol–water partition coefficient (Wildman–Crippen LogP) is 3.23. The summed E-state index contributed by atoms with van der Waals surface area (Å²) in [7, 11) is 0. The van der Waals surface area contributed by atoms with Gasteiger partial charge in [0, 0.05) is 6.04 Å². The number of nitrogen functional groups attached to an aromatic ring is 1. The summed E-state index contributed by atoms with van der Waals surface area (Å²) in [5.41, 5.74) is 7.89. The molecule has 0 atom stereocenters. The van der Waals surface area contributed by atoms with E-state index in [1.165, 1.54) is 0 Å². The molecule has 2 aromatic rings. The number of anilines is 1. The van der Waals surface area contributed by atoms with E-state index in [4.69, 9.17) is 5.73 Å². The van der Waals surface area contributed by atoms with E-state index in [9.17, 15) is 0 Å². The van der Waals surface area contributed by atoms with E-state index in [1.807, 2.05) is 4.57 Å². The molecule has 0 saturated carbocycles. The molecule has 0 aliphatic rings. The Morgan fingerprint density at radius 1 is 1.21 bits per heavy atom. The van der Waals surface area contributed by atoms with Crippen LogP contribution in [0.5, 0.6) is 0 Å². The van der Waals surface area contributed by atoms with Gasteiger partial charge in [-0.15, -0.1) is 0 Å². The molecular formula is C13H18IN5. The highest BCUT2D eigenvalue weighted by Gasteiger charge is 2.17. The van der Waals surface area contributed by atoms with Crippen LogP contribution in [0.3, 0.4) is 0 Å². The van der Waals surface area contributed by atoms with Gasteiger partial charge in [-0.2, -0.15) is 0 Å². The number of hydrogen-bond donors (Lipinski definition) is 1. The number of nitrogens with zero attached hydrogens (tertiary/aromatic N) is 4. The van der Waals surface area contributed by atoms with Crippen molar-refractivity contribution in [2.24, 2.45) is 0 Å². The minimum Gasteiger partial charge on any atom is -0.383 e. The number of rotatable bonds is 3. The van der Waals surface area contributed by atoms with E-state index >= 15 is 0 Å². The molecule has 2 N–H and O–H groups in total. The zero-order valence-corrected chi connectivity index (χ0v) is 13.7. The van der Waals surface area contributed by atoms with E-state index in [0.29, 0.717) is 23.6 Å². The van der Waals surface area contributed by atoms with Gasteiger partial charge in [0.15, 0.2) is 5.82 Å². The van der Waals surface area contributed by atoms with Crippen molar-refractivity contribution in [3.05, 3.63) is 21.8 Å². The molecule has 0 aromatic carbocycles. The molecule has 5 nitrogen and oxygen atoms in total. The van der Waals surface area contributed by atoms with Crippen molar-refractivity contribution in [2.75, 3.05) is 5.73 Å². The molecule has 0 radical (unpaired) electrons. The minimum atomic E-state index is 0.309. The average Bonchev–Trinajstić information content (AvgIpc) is 2.81. The second-order valence-electron chi connectivity index (χ2n) is 5.07. The van der Waals surface area contributed by atoms with Gasteiger partial charge >= 0.3 is 0 Å². The second kappa shape index (κ2) is 5.44. The van der Waals surface area contributed by atoms with Crippen molar-refractivity contribution in [3.63, 3.8) is 0 Å². The molecule has 0 unspecified atom stereocenters. The summed E-state index contributed by atoms with van der Waals surface area (Å²) in [6, 6.07) is 0.309. The fraction of sp³-hybridized carbons (Fsp3) is 0.462. The number of aromatic nitrogens is 4. The fourth-order valence-electron chi connectivity index (χ4n) is 1.87. The lowest BCUT2D eigenvalue weighted by Crippen LogP contribution is -2.09. The summed E-state index contributed by atoms with van der Waals surface area (Å²) >= 11 is 2.20. The molecule has 2 rings (SSSR count). The average molecular weight is 371 g/mol. The molecule has 2 aromatic heterocycles. The van der Waals surface area contributed by atoms with Gasteiger partial charge in [0.1, 0.15) is 11.5 Å². The van der Waals surface area contributed by atoms with Crippen LogP contribution in [0.4, 0.5) is 5.82 Å². The van der Waals surface area contributed by atoms with Crippen LogP contribution in [0.25, 0.3) is 11.5 Å². The Morgan fingerprint density at radius 2 is 1.89 bits per heavy atom. The molecule has 0 saturated heterocycles. The Hall–Kier alpha value is -1.18. The van der Waals surface area contributed by atoms with E-state index < -0.39 is 0 Å². The largest absolute Gasteiger partial charge is 0.383 e. The molecule has 0 aliphatic carbocycles. The Balaban J connectivity index is 2.60. The molecule has 0 spiro atoms. The summed E-state index contributed by atoms with van der Waals surface area (Å²) < 4.78 is 2.98. The number of hydrogen-bond acceptors (Lipinski definition) is 4. The van der Waals surface area contributed by atoms with Crippen LogP contribution in [0.2, 0.25) is 0 Å². The van der Waals surface area contributed by atoms with Gasteiger partial charge < -0.3 is 10.3 Å². The maximum atomic E-state index is 6.00. The van der Waals surface area contributed by atoms with Gasteiger partial charge in [-0.05, 0) is 42.4 Å². The normalized spacial score (nSPS) is 11.5. The zero-order chi connectivity index (χ0) is 14.2. The smallest absolute Gasteiger partial charge is 0.180 e. The molecule has 6 heteroatoms. The highest BCUT2D eigenvalue weighted by molar-refractivity contribution is 14.1. The number of nitrogens with two attached hydrogens (primary N) is 1. The van der Waals surface area contributed by atoms with Gasteiger partial charge in [-0.25, -0.2) is 15.0 Å². The van der Waals surface area contributed by atoms with Gasteiger partial charge in [0.05, 0.1) is 21.8 Å². The van der Waals surface area contributed by atoms with Gasteiger partial charge in [0.2, 0.25) is 0 Å². The van der Waals surface area contributed by atoms with E-state index in [2.05, 4.69) is 65.2 Å². The third kappa shape index (κ3) is 2.72. The topological polar surface area (TPSA) is 69.6 Å². The predicted molar refractivity (Wildman–Crippen MR) is 84.9 cm³/mol. The third-order valence-corrected chi connectivity index (χ3v) is 4.01. The Morgan fingerprint density at radius 3 is 2.47 bits per heavy atom. The van der Waals surface area contributed by atoms with Crippen LogP contribution in [-0.2, 0) is 0 Å². The second-order valence-corrected chi connectivity index (χ2v) is 6.15. The third-order valence-electron chi connectivity index (χ3n) is 2.90. The first-order valence-electron chi connectivity index (χ1n) is 6.27. The summed E-state index contributed by atoms with van der Waals surface area (Å²) in [6.45, 7) is 8.41. The van der Waals surface area contributed by atoms with Crippen molar-refractivity contribution < 1.29 is 0 Å². The minimum absolute atomic E-state index is 0.309. The van der Waals surface area contributed by atoms with Crippen molar-refractivity contribution >= 4 is 28.4 Å². The monoisotopic (exact) mass is 371 g/mol. The first-order valence-corrected chi connectivity index (χ1v) is 7.34. The first-order chi connectivity index (χ1) is 8.91. The van der Waals surface area contributed by atoms with E-state index in [0.717, 1.165) is 15.0 Å². The van der Waals surface area contributed by atoms with Gasteiger partial charge in [0.25, 0.3) is 0 Å². The fourth-order valence-corrected chi connectivity index (χ4v) is 2.73. The van der Waals surface area contributed by atoms with Crippen LogP contribution < -0.4 is 5.73 Å². The summed E-state index contributed by atoms with van der Waals surface area (Å²) in [5.74, 6) is 1.49. The van der Waals surface area contributed by atoms with Crippen LogP contribution in [0.1, 0.15) is 45.3 Å². The first kappa shape index (κ1) is 14.2. The summed E-state index contributed by atoms with van der Waals surface area (Å²) in [6.07, 6.45) is 3.58. The molecule has 2 heterocycles. The molecule has 102 valence electrons. The van der Waals surface area contributed by atoms with Crippen molar-refractivity contribution in [2.45, 2.75) is 39.7 Å². The highest BCUT2D eigenvalue weighted by Crippen LogP contribution is 2.27. The maximum absolute atomic E-state index is 6.00. The van der Waals surface area contributed by atoms with Crippen LogP contribution >= 0.6 is 22.6 Å². The summed E-state index contributed by atoms with van der Waals surface area (Å²) in [4.78, 5) is 13.2. The Bertz CT molecular complexity index is 589. The quantitative estimate of drug-likeness (QED) is 0.842. The molecule has 0 bridgehead atoms. The van der Waals surface area contributed by atoms with Crippen LogP contribution in [0.15, 0.2) is 12.5 Å². The number of imidazole rings is 1. The molecular weight excluding hydrogens is 353 g/mol. The molecule has 0 aliphatic heterocycles. The lowest BCUT2D eigenvalue weighted by molar-refractivity contribution is 0.603. The SMILES string of the molecule is CC(C)c1nc(-c2cncn2C(C)C)nc(N)c1I. The van der Waals surface area contributed by atoms with E-state index in [1.54, 1.807) is 12.5 Å². The van der Waals surface area contributed by atoms with Crippen molar-refractivity contribution in [1.29, 1.82) is 0 Å². The molecule has 0 fully saturated rings. The number of halogens is 1. The van der Waals surface area contributed by atoms with Crippen molar-refractivity contribution in [3.8, 4) is 11.5 Å². The Kier molecular flexibility index (Phi) is 4.07. The van der Waals surface area contributed by atoms with Gasteiger partial charge in [-0.1, -0.05) is 13.8 Å². The Labute approximate surface area is 126 Å². The van der Waals surface area contributed by atoms with E-state index in [-0.39, 0.29) is 0 Å². The molecule has 0 amide bonds. The van der Waals surface area contributed by atoms with Crippen LogP contribution in [-0.4, -0.2) is 19.5 Å². The van der Waals surface area contributed by atoms with Gasteiger partial charge in [-0.3, -0.25) is 0 Å². The lowest BCUT2D eigenvalue weighted by Gasteiger charge is -2.14. The highest BCUT2D eigenvalue weighted by atomic mass is 127. The van der Waals surface area contributed by atoms with Crippen LogP contribution in [0, 0.1) is 3.57 Å². The van der Waals surface area contributed by atoms with Crippen molar-refractivity contribution in [1.82, 2.24) is 19.5 Å². The maximum Gasteiger partial charge on any atom is 0.180 e. The zero-order valence-electron chi connectivity index (χ0n) is 11.6. The standard InChI is InChI=1S/C13H18IN5/c1-7(2)11-10(14)12(15)18-13(17-11)9-5-16-6-19(9)8(3)4/h5-8H,1-4H3,(H2,15,17,18). The lowest BCUT2D eigenvalue weighted by atomic mass is 10.1. The summed E-state index contributed by atoms with van der Waals surface area (Å²) in [5, 5.41) is 0.